The van der Waals surface area contributed by atoms with E-state index in [0.717, 1.165) is 10.2 Å². The van der Waals surface area contributed by atoms with Crippen LogP contribution in [0.1, 0.15) is 11.3 Å². The number of rotatable bonds is 2. The van der Waals surface area contributed by atoms with E-state index in [-0.39, 0.29) is 5.56 Å². The fraction of sp³-hybridized carbons (Fsp3) is 0.200. The molecule has 0 aliphatic rings. The first-order chi connectivity index (χ1) is 7.56. The SMILES string of the molecule is Cc1cc(Br)cn(Cc2csc(N)n2)c1=O. The van der Waals surface area contributed by atoms with E-state index >= 15 is 0 Å². The number of nitrogen functional groups attached to an aromatic ring is 1. The van der Waals surface area contributed by atoms with E-state index in [0.29, 0.717) is 17.2 Å². The van der Waals surface area contributed by atoms with Crippen LogP contribution in [-0.4, -0.2) is 9.55 Å². The van der Waals surface area contributed by atoms with Gasteiger partial charge in [-0.15, -0.1) is 11.3 Å². The highest BCUT2D eigenvalue weighted by Gasteiger charge is 2.05. The summed E-state index contributed by atoms with van der Waals surface area (Å²) in [4.78, 5) is 15.9. The summed E-state index contributed by atoms with van der Waals surface area (Å²) in [5.41, 5.74) is 7.05. The molecule has 0 amide bonds. The third kappa shape index (κ3) is 2.33. The predicted octanol–water partition coefficient (Wildman–Crippen LogP) is 2.01. The summed E-state index contributed by atoms with van der Waals surface area (Å²) in [6.45, 7) is 2.24. The summed E-state index contributed by atoms with van der Waals surface area (Å²) >= 11 is 4.74. The van der Waals surface area contributed by atoms with Crippen molar-refractivity contribution < 1.29 is 0 Å². The monoisotopic (exact) mass is 299 g/mol. The lowest BCUT2D eigenvalue weighted by molar-refractivity contribution is 0.735. The lowest BCUT2D eigenvalue weighted by atomic mass is 10.3. The maximum Gasteiger partial charge on any atom is 0.253 e. The van der Waals surface area contributed by atoms with Crippen LogP contribution in [0, 0.1) is 6.92 Å². The zero-order chi connectivity index (χ0) is 11.7. The van der Waals surface area contributed by atoms with Crippen LogP contribution >= 0.6 is 27.3 Å². The number of nitrogens with two attached hydrogens (primary N) is 1. The molecule has 6 heteroatoms. The molecular weight excluding hydrogens is 290 g/mol. The normalized spacial score (nSPS) is 10.6. The second-order valence-corrected chi connectivity index (χ2v) is 5.26. The van der Waals surface area contributed by atoms with Gasteiger partial charge in [-0.1, -0.05) is 0 Å². The minimum Gasteiger partial charge on any atom is -0.375 e. The van der Waals surface area contributed by atoms with Crippen LogP contribution in [0.4, 0.5) is 5.13 Å². The predicted molar refractivity (Wildman–Crippen MR) is 68.8 cm³/mol. The van der Waals surface area contributed by atoms with Crippen molar-refractivity contribution in [2.24, 2.45) is 0 Å². The van der Waals surface area contributed by atoms with Crippen molar-refractivity contribution in [1.82, 2.24) is 9.55 Å². The fourth-order valence-corrected chi connectivity index (χ4v) is 2.57. The highest BCUT2D eigenvalue weighted by Crippen LogP contribution is 2.13. The summed E-state index contributed by atoms with van der Waals surface area (Å²) in [5.74, 6) is 0. The van der Waals surface area contributed by atoms with E-state index in [1.165, 1.54) is 11.3 Å². The first kappa shape index (κ1) is 11.3. The Kier molecular flexibility index (Phi) is 3.11. The third-order valence-electron chi connectivity index (χ3n) is 2.13. The number of thiazole rings is 1. The molecule has 0 radical (unpaired) electrons. The molecule has 0 atom stereocenters. The Hall–Kier alpha value is -1.14. The molecular formula is C10H10BrN3OS. The molecule has 2 heterocycles. The van der Waals surface area contributed by atoms with Crippen LogP contribution in [0.15, 0.2) is 26.9 Å². The summed E-state index contributed by atoms with van der Waals surface area (Å²) in [5, 5.41) is 2.38. The van der Waals surface area contributed by atoms with Gasteiger partial charge in [-0.25, -0.2) is 4.98 Å². The van der Waals surface area contributed by atoms with E-state index < -0.39 is 0 Å². The minimum atomic E-state index is -0.00484. The van der Waals surface area contributed by atoms with Crippen LogP contribution in [0.5, 0.6) is 0 Å². The number of pyridine rings is 1. The van der Waals surface area contributed by atoms with E-state index in [1.807, 2.05) is 5.38 Å². The van der Waals surface area contributed by atoms with Gasteiger partial charge in [0.2, 0.25) is 0 Å². The average molecular weight is 300 g/mol. The molecule has 0 saturated carbocycles. The zero-order valence-electron chi connectivity index (χ0n) is 8.61. The van der Waals surface area contributed by atoms with E-state index in [9.17, 15) is 4.79 Å². The van der Waals surface area contributed by atoms with Gasteiger partial charge >= 0.3 is 0 Å². The van der Waals surface area contributed by atoms with E-state index in [1.54, 1.807) is 23.8 Å². The molecule has 4 nitrogen and oxygen atoms in total. The number of aryl methyl sites for hydroxylation is 1. The number of halogens is 1. The molecule has 0 aliphatic carbocycles. The molecule has 84 valence electrons. The van der Waals surface area contributed by atoms with Crippen molar-refractivity contribution in [3.8, 4) is 0 Å². The average Bonchev–Trinajstić information content (AvgIpc) is 2.60. The van der Waals surface area contributed by atoms with Gasteiger partial charge in [-0.2, -0.15) is 0 Å². The topological polar surface area (TPSA) is 60.9 Å². The minimum absolute atomic E-state index is 0.00484. The third-order valence-corrected chi connectivity index (χ3v) is 3.29. The number of nitrogens with zero attached hydrogens (tertiary/aromatic N) is 2. The fourth-order valence-electron chi connectivity index (χ4n) is 1.43. The van der Waals surface area contributed by atoms with Gasteiger partial charge in [0.25, 0.3) is 5.56 Å². The molecule has 2 aromatic heterocycles. The molecule has 0 spiro atoms. The Labute approximate surface area is 105 Å². The molecule has 0 fully saturated rings. The maximum atomic E-state index is 11.8. The van der Waals surface area contributed by atoms with Crippen molar-refractivity contribution in [2.75, 3.05) is 5.73 Å². The number of anilines is 1. The lowest BCUT2D eigenvalue weighted by Crippen LogP contribution is -2.22. The van der Waals surface area contributed by atoms with Crippen LogP contribution in [0.3, 0.4) is 0 Å². The summed E-state index contributed by atoms with van der Waals surface area (Å²) < 4.78 is 2.50. The second kappa shape index (κ2) is 4.39. The molecule has 0 unspecified atom stereocenters. The molecule has 2 aromatic rings. The van der Waals surface area contributed by atoms with Gasteiger partial charge in [0.05, 0.1) is 12.2 Å². The van der Waals surface area contributed by atoms with E-state index in [2.05, 4.69) is 20.9 Å². The Morgan fingerprint density at radius 2 is 2.38 bits per heavy atom. The van der Waals surface area contributed by atoms with Crippen LogP contribution in [0.25, 0.3) is 0 Å². The second-order valence-electron chi connectivity index (χ2n) is 3.45. The number of hydrogen-bond donors (Lipinski definition) is 1. The number of aromatic nitrogens is 2. The summed E-state index contributed by atoms with van der Waals surface area (Å²) in [7, 11) is 0. The molecule has 16 heavy (non-hydrogen) atoms. The van der Waals surface area contributed by atoms with Crippen LogP contribution in [0.2, 0.25) is 0 Å². The van der Waals surface area contributed by atoms with E-state index in [4.69, 9.17) is 5.73 Å². The standard InChI is InChI=1S/C10H10BrN3OS/c1-6-2-7(11)3-14(9(6)15)4-8-5-16-10(12)13-8/h2-3,5H,4H2,1H3,(H2,12,13). The molecule has 2 N–H and O–H groups in total. The van der Waals surface area contributed by atoms with Crippen molar-refractivity contribution in [1.29, 1.82) is 0 Å². The van der Waals surface area contributed by atoms with Gasteiger partial charge in [0, 0.05) is 21.6 Å². The number of hydrogen-bond acceptors (Lipinski definition) is 4. The summed E-state index contributed by atoms with van der Waals surface area (Å²) in [6.07, 6.45) is 1.75. The first-order valence-corrected chi connectivity index (χ1v) is 6.30. The molecule has 2 rings (SSSR count). The Bertz CT molecular complexity index is 576. The largest absolute Gasteiger partial charge is 0.375 e. The Balaban J connectivity index is 2.38. The van der Waals surface area contributed by atoms with Gasteiger partial charge in [0.15, 0.2) is 5.13 Å². The smallest absolute Gasteiger partial charge is 0.253 e. The Morgan fingerprint density at radius 3 is 3.00 bits per heavy atom. The lowest BCUT2D eigenvalue weighted by Gasteiger charge is -2.05. The van der Waals surface area contributed by atoms with Crippen molar-refractivity contribution >= 4 is 32.4 Å². The first-order valence-electron chi connectivity index (χ1n) is 4.63. The molecule has 0 saturated heterocycles. The highest BCUT2D eigenvalue weighted by molar-refractivity contribution is 9.10. The van der Waals surface area contributed by atoms with Crippen LogP contribution < -0.4 is 11.3 Å². The van der Waals surface area contributed by atoms with Crippen molar-refractivity contribution in [2.45, 2.75) is 13.5 Å². The highest BCUT2D eigenvalue weighted by atomic mass is 79.9. The van der Waals surface area contributed by atoms with Gasteiger partial charge < -0.3 is 10.3 Å². The van der Waals surface area contributed by atoms with Crippen molar-refractivity contribution in [3.63, 3.8) is 0 Å². The van der Waals surface area contributed by atoms with Gasteiger partial charge in [-0.3, -0.25) is 4.79 Å². The molecule has 0 aliphatic heterocycles. The maximum absolute atomic E-state index is 11.8. The van der Waals surface area contributed by atoms with Gasteiger partial charge in [0.1, 0.15) is 0 Å². The summed E-state index contributed by atoms with van der Waals surface area (Å²) in [6, 6.07) is 1.80. The van der Waals surface area contributed by atoms with Crippen molar-refractivity contribution in [3.05, 3.63) is 43.7 Å². The van der Waals surface area contributed by atoms with Crippen LogP contribution in [-0.2, 0) is 6.54 Å². The Morgan fingerprint density at radius 1 is 1.62 bits per heavy atom. The molecule has 0 aromatic carbocycles. The quantitative estimate of drug-likeness (QED) is 0.923. The molecule has 0 bridgehead atoms. The zero-order valence-corrected chi connectivity index (χ0v) is 11.0. The van der Waals surface area contributed by atoms with Gasteiger partial charge in [-0.05, 0) is 28.9 Å².